The highest BCUT2D eigenvalue weighted by atomic mass is 14.5. The molecule has 0 amide bonds. The lowest BCUT2D eigenvalue weighted by atomic mass is 10.2. The molecule has 9 heavy (non-hydrogen) atoms. The van der Waals surface area contributed by atoms with Crippen molar-refractivity contribution in [2.24, 2.45) is 17.6 Å². The van der Waals surface area contributed by atoms with E-state index in [0.29, 0.717) is 5.92 Å². The molecular formula is C8H21N. The Labute approximate surface area is 59.6 Å². The minimum Gasteiger partial charge on any atom is -0.330 e. The van der Waals surface area contributed by atoms with Gasteiger partial charge in [-0.25, -0.2) is 0 Å². The molecule has 2 N–H and O–H groups in total. The van der Waals surface area contributed by atoms with Gasteiger partial charge in [-0.3, -0.25) is 0 Å². The summed E-state index contributed by atoms with van der Waals surface area (Å²) in [6.07, 6.45) is 0. The van der Waals surface area contributed by atoms with Crippen molar-refractivity contribution in [1.29, 1.82) is 0 Å². The summed E-state index contributed by atoms with van der Waals surface area (Å²) in [7, 11) is 0. The van der Waals surface area contributed by atoms with Crippen molar-refractivity contribution < 1.29 is 0 Å². The van der Waals surface area contributed by atoms with Crippen molar-refractivity contribution in [1.82, 2.24) is 0 Å². The van der Waals surface area contributed by atoms with Crippen molar-refractivity contribution in [2.75, 3.05) is 6.54 Å². The summed E-state index contributed by atoms with van der Waals surface area (Å²) in [5.74, 6) is 1.50. The van der Waals surface area contributed by atoms with Gasteiger partial charge in [0, 0.05) is 0 Å². The highest BCUT2D eigenvalue weighted by Gasteiger charge is 1.80. The molecule has 0 spiro atoms. The molecule has 0 heterocycles. The minimum absolute atomic E-state index is 0.662. The zero-order valence-electron chi connectivity index (χ0n) is 7.44. The van der Waals surface area contributed by atoms with E-state index in [1.54, 1.807) is 0 Å². The Kier molecular flexibility index (Phi) is 10.4. The van der Waals surface area contributed by atoms with E-state index in [1.807, 2.05) is 0 Å². The highest BCUT2D eigenvalue weighted by molar-refractivity contribution is 4.38. The van der Waals surface area contributed by atoms with Gasteiger partial charge >= 0.3 is 0 Å². The third-order valence-electron chi connectivity index (χ3n) is 0.471. The van der Waals surface area contributed by atoms with Crippen LogP contribution in [-0.2, 0) is 0 Å². The van der Waals surface area contributed by atoms with E-state index in [2.05, 4.69) is 34.6 Å². The maximum Gasteiger partial charge on any atom is -0.00541 e. The first kappa shape index (κ1) is 11.7. The topological polar surface area (TPSA) is 26.0 Å². The molecule has 0 unspecified atom stereocenters. The van der Waals surface area contributed by atoms with Crippen LogP contribution < -0.4 is 5.73 Å². The van der Waals surface area contributed by atoms with E-state index >= 15 is 0 Å². The standard InChI is InChI=1S/C4H11N.C4H10/c1-4(2)3-5;1-4(2)3/h4H,3,5H2,1-2H3;4H,1-3H3. The van der Waals surface area contributed by atoms with Crippen LogP contribution in [0.2, 0.25) is 0 Å². The Balaban J connectivity index is 0. The maximum atomic E-state index is 5.17. The van der Waals surface area contributed by atoms with Crippen LogP contribution >= 0.6 is 0 Å². The van der Waals surface area contributed by atoms with Gasteiger partial charge in [0.1, 0.15) is 0 Å². The van der Waals surface area contributed by atoms with Gasteiger partial charge in [-0.2, -0.15) is 0 Å². The second-order valence-corrected chi connectivity index (χ2v) is 3.36. The van der Waals surface area contributed by atoms with E-state index in [0.717, 1.165) is 12.5 Å². The Bertz CT molecular complexity index is 37.1. The molecule has 0 fully saturated rings. The molecule has 0 saturated carbocycles. The molecule has 0 atom stereocenters. The number of hydrogen-bond acceptors (Lipinski definition) is 1. The highest BCUT2D eigenvalue weighted by Crippen LogP contribution is 1.81. The van der Waals surface area contributed by atoms with Gasteiger partial charge in [-0.05, 0) is 18.4 Å². The van der Waals surface area contributed by atoms with E-state index < -0.39 is 0 Å². The van der Waals surface area contributed by atoms with Gasteiger partial charge in [0.2, 0.25) is 0 Å². The normalized spacial score (nSPS) is 9.33. The quantitative estimate of drug-likeness (QED) is 0.580. The van der Waals surface area contributed by atoms with Crippen LogP contribution in [-0.4, -0.2) is 6.54 Å². The Morgan fingerprint density at radius 1 is 1.00 bits per heavy atom. The lowest BCUT2D eigenvalue weighted by Gasteiger charge is -1.91. The first-order chi connectivity index (χ1) is 4.00. The molecule has 0 aliphatic heterocycles. The Hall–Kier alpha value is -0.0400. The second-order valence-electron chi connectivity index (χ2n) is 3.36. The molecule has 1 heteroatoms. The fraction of sp³-hybridized carbons (Fsp3) is 1.00. The summed E-state index contributed by atoms with van der Waals surface area (Å²) in [5, 5.41) is 0. The zero-order valence-corrected chi connectivity index (χ0v) is 7.44. The SMILES string of the molecule is CC(C)C.CC(C)CN. The first-order valence-electron chi connectivity index (χ1n) is 3.70. The molecule has 1 nitrogen and oxygen atoms in total. The molecule has 0 aliphatic carbocycles. The third kappa shape index (κ3) is 73.6. The first-order valence-corrected chi connectivity index (χ1v) is 3.70. The summed E-state index contributed by atoms with van der Waals surface area (Å²) in [6, 6.07) is 0. The largest absolute Gasteiger partial charge is 0.330 e. The summed E-state index contributed by atoms with van der Waals surface area (Å²) >= 11 is 0. The van der Waals surface area contributed by atoms with E-state index in [-0.39, 0.29) is 0 Å². The molecule has 0 aliphatic rings. The predicted octanol–water partition coefficient (Wildman–Crippen LogP) is 2.26. The van der Waals surface area contributed by atoms with Gasteiger partial charge in [-0.15, -0.1) is 0 Å². The van der Waals surface area contributed by atoms with E-state index in [4.69, 9.17) is 5.73 Å². The fourth-order valence-corrected chi connectivity index (χ4v) is 0. The van der Waals surface area contributed by atoms with Gasteiger partial charge in [0.05, 0.1) is 0 Å². The molecule has 58 valence electrons. The molecule has 0 rings (SSSR count). The van der Waals surface area contributed by atoms with Crippen LogP contribution in [0.5, 0.6) is 0 Å². The van der Waals surface area contributed by atoms with Crippen LogP contribution in [0.3, 0.4) is 0 Å². The van der Waals surface area contributed by atoms with Crippen LogP contribution in [0.25, 0.3) is 0 Å². The van der Waals surface area contributed by atoms with Gasteiger partial charge in [-0.1, -0.05) is 34.6 Å². The number of rotatable bonds is 1. The number of hydrogen-bond donors (Lipinski definition) is 1. The number of nitrogens with two attached hydrogens (primary N) is 1. The van der Waals surface area contributed by atoms with Gasteiger partial charge in [0.25, 0.3) is 0 Å². The van der Waals surface area contributed by atoms with Crippen LogP contribution in [0.15, 0.2) is 0 Å². The molecule has 0 radical (unpaired) electrons. The third-order valence-corrected chi connectivity index (χ3v) is 0.471. The van der Waals surface area contributed by atoms with E-state index in [9.17, 15) is 0 Å². The Morgan fingerprint density at radius 3 is 1.11 bits per heavy atom. The van der Waals surface area contributed by atoms with Crippen molar-refractivity contribution in [3.8, 4) is 0 Å². The molecule has 0 bridgehead atoms. The van der Waals surface area contributed by atoms with E-state index in [1.165, 1.54) is 0 Å². The molecular weight excluding hydrogens is 110 g/mol. The fourth-order valence-electron chi connectivity index (χ4n) is 0. The lowest BCUT2D eigenvalue weighted by Crippen LogP contribution is -2.05. The van der Waals surface area contributed by atoms with Crippen molar-refractivity contribution in [3.05, 3.63) is 0 Å². The maximum absolute atomic E-state index is 5.17. The van der Waals surface area contributed by atoms with Crippen LogP contribution in [0.4, 0.5) is 0 Å². The molecule has 0 aromatic heterocycles. The monoisotopic (exact) mass is 131 g/mol. The van der Waals surface area contributed by atoms with Crippen molar-refractivity contribution in [2.45, 2.75) is 34.6 Å². The summed E-state index contributed by atoms with van der Waals surface area (Å²) in [4.78, 5) is 0. The summed E-state index contributed by atoms with van der Waals surface area (Å²) < 4.78 is 0. The minimum atomic E-state index is 0.662. The molecule has 0 aromatic rings. The molecule has 0 saturated heterocycles. The predicted molar refractivity (Wildman–Crippen MR) is 44.4 cm³/mol. The van der Waals surface area contributed by atoms with Crippen LogP contribution in [0.1, 0.15) is 34.6 Å². The van der Waals surface area contributed by atoms with Crippen LogP contribution in [0, 0.1) is 11.8 Å². The molecule has 0 aromatic carbocycles. The summed E-state index contributed by atoms with van der Waals surface area (Å²) in [6.45, 7) is 11.5. The summed E-state index contributed by atoms with van der Waals surface area (Å²) in [5.41, 5.74) is 5.17. The zero-order chi connectivity index (χ0) is 7.86. The van der Waals surface area contributed by atoms with Crippen molar-refractivity contribution in [3.63, 3.8) is 0 Å². The lowest BCUT2D eigenvalue weighted by molar-refractivity contribution is 0.664. The van der Waals surface area contributed by atoms with Crippen molar-refractivity contribution >= 4 is 0 Å². The smallest absolute Gasteiger partial charge is 0.00541 e. The second kappa shape index (κ2) is 7.96. The average molecular weight is 131 g/mol. The van der Waals surface area contributed by atoms with Gasteiger partial charge < -0.3 is 5.73 Å². The Morgan fingerprint density at radius 2 is 1.11 bits per heavy atom. The average Bonchev–Trinajstić information content (AvgIpc) is 1.65. The van der Waals surface area contributed by atoms with Gasteiger partial charge in [0.15, 0.2) is 0 Å².